The van der Waals surface area contributed by atoms with Crippen molar-refractivity contribution < 1.29 is 0 Å². The van der Waals surface area contributed by atoms with Gasteiger partial charge in [0.2, 0.25) is 0 Å². The molecule has 0 radical (unpaired) electrons. The fourth-order valence-corrected chi connectivity index (χ4v) is 3.55. The summed E-state index contributed by atoms with van der Waals surface area (Å²) < 4.78 is 0. The molecule has 0 aliphatic heterocycles. The van der Waals surface area contributed by atoms with Gasteiger partial charge in [0, 0.05) is 28.9 Å². The van der Waals surface area contributed by atoms with E-state index in [1.807, 2.05) is 30.6 Å². The lowest BCUT2D eigenvalue weighted by Gasteiger charge is -2.19. The maximum Gasteiger partial charge on any atom is 0.125 e. The molecule has 1 N–H and O–H groups in total. The van der Waals surface area contributed by atoms with Crippen molar-refractivity contribution in [3.63, 3.8) is 0 Å². The van der Waals surface area contributed by atoms with Gasteiger partial charge in [-0.2, -0.15) is 0 Å². The first-order valence-corrected chi connectivity index (χ1v) is 6.77. The minimum atomic E-state index is 0.488. The third-order valence-corrected chi connectivity index (χ3v) is 4.47. The zero-order valence-corrected chi connectivity index (χ0v) is 10.6. The maximum atomic E-state index is 4.76. The van der Waals surface area contributed by atoms with Crippen molar-refractivity contribution in [3.8, 4) is 10.6 Å². The lowest BCUT2D eigenvalue weighted by atomic mass is 9.98. The Labute approximate surface area is 105 Å². The molecule has 1 aliphatic carbocycles. The van der Waals surface area contributed by atoms with Gasteiger partial charge < -0.3 is 5.32 Å². The van der Waals surface area contributed by atoms with Crippen LogP contribution in [0.3, 0.4) is 0 Å². The summed E-state index contributed by atoms with van der Waals surface area (Å²) in [5, 5.41) is 4.48. The first-order valence-electron chi connectivity index (χ1n) is 5.96. The molecule has 1 unspecified atom stereocenters. The Hall–Kier alpha value is -1.26. The molecule has 17 heavy (non-hydrogen) atoms. The fraction of sp³-hybridized carbons (Fsp3) is 0.385. The average molecular weight is 245 g/mol. The number of nitrogens with zero attached hydrogens (tertiary/aromatic N) is 2. The number of rotatable bonds is 2. The maximum absolute atomic E-state index is 4.76. The van der Waals surface area contributed by atoms with Gasteiger partial charge in [0.05, 0.1) is 5.69 Å². The zero-order chi connectivity index (χ0) is 11.7. The summed E-state index contributed by atoms with van der Waals surface area (Å²) in [7, 11) is 2.03. The second-order valence-electron chi connectivity index (χ2n) is 4.31. The molecule has 0 aromatic carbocycles. The van der Waals surface area contributed by atoms with Crippen molar-refractivity contribution in [2.45, 2.75) is 25.3 Å². The lowest BCUT2D eigenvalue weighted by Crippen LogP contribution is -2.19. The van der Waals surface area contributed by atoms with Crippen LogP contribution in [0.4, 0.5) is 0 Å². The first-order chi connectivity index (χ1) is 8.38. The van der Waals surface area contributed by atoms with E-state index < -0.39 is 0 Å². The van der Waals surface area contributed by atoms with Crippen LogP contribution in [0, 0.1) is 0 Å². The number of nitrogens with one attached hydrogen (secondary N) is 1. The van der Waals surface area contributed by atoms with Crippen molar-refractivity contribution in [3.05, 3.63) is 35.1 Å². The van der Waals surface area contributed by atoms with Gasteiger partial charge in [-0.15, -0.1) is 11.3 Å². The summed E-state index contributed by atoms with van der Waals surface area (Å²) in [6, 6.07) is 4.53. The Morgan fingerprint density at radius 1 is 1.47 bits per heavy atom. The minimum absolute atomic E-state index is 0.488. The summed E-state index contributed by atoms with van der Waals surface area (Å²) in [5.74, 6) is 0. The topological polar surface area (TPSA) is 37.8 Å². The number of thiazole rings is 1. The molecule has 0 amide bonds. The van der Waals surface area contributed by atoms with Gasteiger partial charge >= 0.3 is 0 Å². The minimum Gasteiger partial charge on any atom is -0.312 e. The molecule has 3 nitrogen and oxygen atoms in total. The molecule has 0 saturated heterocycles. The Morgan fingerprint density at radius 2 is 2.41 bits per heavy atom. The molecule has 1 aliphatic rings. The fourth-order valence-electron chi connectivity index (χ4n) is 2.31. The van der Waals surface area contributed by atoms with E-state index in [1.165, 1.54) is 23.4 Å². The molecule has 0 spiro atoms. The Bertz CT molecular complexity index is 507. The number of aryl methyl sites for hydroxylation is 1. The van der Waals surface area contributed by atoms with Crippen LogP contribution in [0.1, 0.15) is 29.5 Å². The second-order valence-corrected chi connectivity index (χ2v) is 5.34. The molecule has 1 atom stereocenters. The van der Waals surface area contributed by atoms with Gasteiger partial charge in [-0.1, -0.05) is 0 Å². The average Bonchev–Trinajstić information content (AvgIpc) is 2.83. The monoisotopic (exact) mass is 245 g/mol. The van der Waals surface area contributed by atoms with E-state index in [4.69, 9.17) is 4.98 Å². The summed E-state index contributed by atoms with van der Waals surface area (Å²) in [5.41, 5.74) is 2.40. The molecular weight excluding hydrogens is 230 g/mol. The molecule has 3 rings (SSSR count). The van der Waals surface area contributed by atoms with E-state index in [1.54, 1.807) is 6.20 Å². The van der Waals surface area contributed by atoms with Crippen LogP contribution >= 0.6 is 11.3 Å². The van der Waals surface area contributed by atoms with Crippen molar-refractivity contribution in [2.75, 3.05) is 7.05 Å². The standard InChI is InChI=1S/C13H15N3S/c1-14-10-5-2-6-11-12(10)17-13(16-11)9-4-3-7-15-8-9/h3-4,7-8,10,14H,2,5-6H2,1H3. The van der Waals surface area contributed by atoms with Gasteiger partial charge in [-0.05, 0) is 38.4 Å². The van der Waals surface area contributed by atoms with Gasteiger partial charge in [-0.3, -0.25) is 4.98 Å². The van der Waals surface area contributed by atoms with E-state index in [0.717, 1.165) is 17.0 Å². The van der Waals surface area contributed by atoms with E-state index in [-0.39, 0.29) is 0 Å². The Balaban J connectivity index is 2.02. The van der Waals surface area contributed by atoms with Crippen molar-refractivity contribution >= 4 is 11.3 Å². The van der Waals surface area contributed by atoms with Crippen LogP contribution in [-0.4, -0.2) is 17.0 Å². The zero-order valence-electron chi connectivity index (χ0n) is 9.81. The summed E-state index contributed by atoms with van der Waals surface area (Å²) in [6.07, 6.45) is 7.25. The van der Waals surface area contributed by atoms with Crippen molar-refractivity contribution in [1.82, 2.24) is 15.3 Å². The van der Waals surface area contributed by atoms with Crippen LogP contribution in [0.15, 0.2) is 24.5 Å². The van der Waals surface area contributed by atoms with Gasteiger partial charge in [0.1, 0.15) is 5.01 Å². The highest BCUT2D eigenvalue weighted by Crippen LogP contribution is 2.37. The molecule has 2 aromatic rings. The van der Waals surface area contributed by atoms with E-state index >= 15 is 0 Å². The molecule has 2 aromatic heterocycles. The third-order valence-electron chi connectivity index (χ3n) is 3.21. The highest BCUT2D eigenvalue weighted by Gasteiger charge is 2.23. The SMILES string of the molecule is CNC1CCCc2nc(-c3cccnc3)sc21. The second kappa shape index (κ2) is 4.55. The number of fused-ring (bicyclic) bond motifs is 1. The van der Waals surface area contributed by atoms with E-state index in [9.17, 15) is 0 Å². The molecular formula is C13H15N3S. The molecule has 0 bridgehead atoms. The number of pyridine rings is 1. The summed E-state index contributed by atoms with van der Waals surface area (Å²) >= 11 is 1.81. The van der Waals surface area contributed by atoms with Gasteiger partial charge in [-0.25, -0.2) is 4.98 Å². The van der Waals surface area contributed by atoms with Gasteiger partial charge in [0.15, 0.2) is 0 Å². The summed E-state index contributed by atoms with van der Waals surface area (Å²) in [6.45, 7) is 0. The number of hydrogen-bond donors (Lipinski definition) is 1. The van der Waals surface area contributed by atoms with Crippen LogP contribution < -0.4 is 5.32 Å². The van der Waals surface area contributed by atoms with E-state index in [2.05, 4.69) is 16.4 Å². The summed E-state index contributed by atoms with van der Waals surface area (Å²) in [4.78, 5) is 10.3. The largest absolute Gasteiger partial charge is 0.312 e. The van der Waals surface area contributed by atoms with Crippen LogP contribution in [0.25, 0.3) is 10.6 Å². The molecule has 2 heterocycles. The molecule has 4 heteroatoms. The Morgan fingerprint density at radius 3 is 3.18 bits per heavy atom. The van der Waals surface area contributed by atoms with Crippen LogP contribution in [0.2, 0.25) is 0 Å². The third kappa shape index (κ3) is 1.98. The Kier molecular flexibility index (Phi) is 2.91. The number of aromatic nitrogens is 2. The van der Waals surface area contributed by atoms with E-state index in [0.29, 0.717) is 6.04 Å². The predicted octanol–water partition coefficient (Wildman–Crippen LogP) is 2.80. The first kappa shape index (κ1) is 10.9. The van der Waals surface area contributed by atoms with Crippen molar-refractivity contribution in [1.29, 1.82) is 0 Å². The highest BCUT2D eigenvalue weighted by molar-refractivity contribution is 7.15. The smallest absolute Gasteiger partial charge is 0.125 e. The quantitative estimate of drug-likeness (QED) is 0.884. The van der Waals surface area contributed by atoms with Crippen LogP contribution in [-0.2, 0) is 6.42 Å². The normalized spacial score (nSPS) is 19.0. The number of hydrogen-bond acceptors (Lipinski definition) is 4. The van der Waals surface area contributed by atoms with Crippen molar-refractivity contribution in [2.24, 2.45) is 0 Å². The highest BCUT2D eigenvalue weighted by atomic mass is 32.1. The molecule has 0 fully saturated rings. The molecule has 0 saturated carbocycles. The molecule has 88 valence electrons. The van der Waals surface area contributed by atoms with Gasteiger partial charge in [0.25, 0.3) is 0 Å². The van der Waals surface area contributed by atoms with Crippen LogP contribution in [0.5, 0.6) is 0 Å². The lowest BCUT2D eigenvalue weighted by molar-refractivity contribution is 0.501. The predicted molar refractivity (Wildman–Crippen MR) is 70.1 cm³/mol.